The molecule has 0 aliphatic carbocycles. The van der Waals surface area contributed by atoms with Gasteiger partial charge in [0.2, 0.25) is 0 Å². The van der Waals surface area contributed by atoms with Crippen molar-refractivity contribution in [3.8, 4) is 0 Å². The second-order valence-electron chi connectivity index (χ2n) is 4.77. The van der Waals surface area contributed by atoms with E-state index in [1.54, 1.807) is 18.2 Å². The van der Waals surface area contributed by atoms with E-state index >= 15 is 0 Å². The lowest BCUT2D eigenvalue weighted by molar-refractivity contribution is -0.139. The van der Waals surface area contributed by atoms with Gasteiger partial charge >= 0.3 is 5.97 Å². The Morgan fingerprint density at radius 3 is 2.42 bits per heavy atom. The third kappa shape index (κ3) is 4.03. The average molecular weight is 267 g/mol. The first kappa shape index (κ1) is 15.6. The lowest BCUT2D eigenvalue weighted by Gasteiger charge is -2.35. The van der Waals surface area contributed by atoms with Gasteiger partial charge in [-0.1, -0.05) is 32.0 Å². The SMILES string of the molecule is CCC(C)N(CC(=O)O)C(CC)c1ccccc1F. The summed E-state index contributed by atoms with van der Waals surface area (Å²) in [5, 5.41) is 9.05. The molecule has 0 aromatic heterocycles. The second-order valence-corrected chi connectivity index (χ2v) is 4.77. The normalized spacial score (nSPS) is 14.4. The van der Waals surface area contributed by atoms with Crippen molar-refractivity contribution < 1.29 is 14.3 Å². The molecule has 0 bridgehead atoms. The molecular weight excluding hydrogens is 245 g/mol. The third-order valence-electron chi connectivity index (χ3n) is 3.53. The quantitative estimate of drug-likeness (QED) is 0.822. The van der Waals surface area contributed by atoms with Crippen LogP contribution in [0.5, 0.6) is 0 Å². The lowest BCUT2D eigenvalue weighted by atomic mass is 9.99. The van der Waals surface area contributed by atoms with E-state index in [2.05, 4.69) is 0 Å². The molecular formula is C15H22FNO2. The second kappa shape index (κ2) is 7.24. The first-order valence-corrected chi connectivity index (χ1v) is 6.73. The Morgan fingerprint density at radius 2 is 1.95 bits per heavy atom. The Balaban J connectivity index is 3.09. The largest absolute Gasteiger partial charge is 0.480 e. The molecule has 2 atom stereocenters. The summed E-state index contributed by atoms with van der Waals surface area (Å²) < 4.78 is 13.9. The predicted octanol–water partition coefficient (Wildman–Crippen LogP) is 3.46. The molecule has 4 heteroatoms. The molecule has 19 heavy (non-hydrogen) atoms. The highest BCUT2D eigenvalue weighted by atomic mass is 19.1. The predicted molar refractivity (Wildman–Crippen MR) is 73.5 cm³/mol. The zero-order chi connectivity index (χ0) is 14.4. The fourth-order valence-electron chi connectivity index (χ4n) is 2.34. The fraction of sp³-hybridized carbons (Fsp3) is 0.533. The number of aliphatic carboxylic acids is 1. The van der Waals surface area contributed by atoms with Crippen LogP contribution in [0.1, 0.15) is 45.2 Å². The number of benzene rings is 1. The zero-order valence-electron chi connectivity index (χ0n) is 11.8. The number of hydrogen-bond donors (Lipinski definition) is 1. The van der Waals surface area contributed by atoms with Crippen LogP contribution in [0.15, 0.2) is 24.3 Å². The Morgan fingerprint density at radius 1 is 1.32 bits per heavy atom. The van der Waals surface area contributed by atoms with Gasteiger partial charge in [-0.2, -0.15) is 0 Å². The van der Waals surface area contributed by atoms with E-state index < -0.39 is 5.97 Å². The first-order valence-electron chi connectivity index (χ1n) is 6.73. The Kier molecular flexibility index (Phi) is 5.96. The lowest BCUT2D eigenvalue weighted by Crippen LogP contribution is -2.40. The van der Waals surface area contributed by atoms with Crippen molar-refractivity contribution in [1.29, 1.82) is 0 Å². The maximum atomic E-state index is 13.9. The minimum absolute atomic E-state index is 0.0676. The molecule has 0 aliphatic heterocycles. The highest BCUT2D eigenvalue weighted by molar-refractivity contribution is 5.69. The molecule has 0 fully saturated rings. The summed E-state index contributed by atoms with van der Waals surface area (Å²) in [6.45, 7) is 5.87. The van der Waals surface area contributed by atoms with Crippen molar-refractivity contribution in [3.05, 3.63) is 35.6 Å². The number of nitrogens with zero attached hydrogens (tertiary/aromatic N) is 1. The zero-order valence-corrected chi connectivity index (χ0v) is 11.8. The minimum Gasteiger partial charge on any atom is -0.480 e. The van der Waals surface area contributed by atoms with Crippen LogP contribution >= 0.6 is 0 Å². The maximum absolute atomic E-state index is 13.9. The van der Waals surface area contributed by atoms with Gasteiger partial charge in [-0.25, -0.2) is 4.39 Å². The highest BCUT2D eigenvalue weighted by Gasteiger charge is 2.26. The summed E-state index contributed by atoms with van der Waals surface area (Å²) in [4.78, 5) is 12.9. The number of hydrogen-bond acceptors (Lipinski definition) is 2. The molecule has 0 saturated carbocycles. The molecule has 0 spiro atoms. The molecule has 0 amide bonds. The van der Waals surface area contributed by atoms with Gasteiger partial charge in [0.05, 0.1) is 6.54 Å². The number of halogens is 1. The minimum atomic E-state index is -0.880. The molecule has 0 radical (unpaired) electrons. The van der Waals surface area contributed by atoms with E-state index in [1.165, 1.54) is 6.07 Å². The van der Waals surface area contributed by atoms with Crippen LogP contribution in [0.3, 0.4) is 0 Å². The molecule has 1 rings (SSSR count). The molecule has 0 aliphatic rings. The Hall–Kier alpha value is -1.42. The van der Waals surface area contributed by atoms with Crippen LogP contribution in [0.25, 0.3) is 0 Å². The van der Waals surface area contributed by atoms with Crippen LogP contribution in [-0.2, 0) is 4.79 Å². The van der Waals surface area contributed by atoms with Gasteiger partial charge in [-0.3, -0.25) is 9.69 Å². The summed E-state index contributed by atoms with van der Waals surface area (Å²) in [7, 11) is 0. The van der Waals surface area contributed by atoms with Crippen molar-refractivity contribution in [2.24, 2.45) is 0 Å². The Bertz CT molecular complexity index is 422. The van der Waals surface area contributed by atoms with Crippen molar-refractivity contribution in [1.82, 2.24) is 4.90 Å². The summed E-state index contributed by atoms with van der Waals surface area (Å²) in [6, 6.07) is 6.49. The molecule has 3 nitrogen and oxygen atoms in total. The van der Waals surface area contributed by atoms with E-state index in [0.717, 1.165) is 6.42 Å². The summed E-state index contributed by atoms with van der Waals surface area (Å²) in [5.41, 5.74) is 0.576. The van der Waals surface area contributed by atoms with E-state index in [1.807, 2.05) is 25.7 Å². The van der Waals surface area contributed by atoms with E-state index in [4.69, 9.17) is 5.11 Å². The van der Waals surface area contributed by atoms with Crippen LogP contribution in [0, 0.1) is 5.82 Å². The fourth-order valence-corrected chi connectivity index (χ4v) is 2.34. The van der Waals surface area contributed by atoms with Gasteiger partial charge in [0.15, 0.2) is 0 Å². The van der Waals surface area contributed by atoms with Gasteiger partial charge in [0, 0.05) is 17.6 Å². The van der Waals surface area contributed by atoms with Crippen LogP contribution in [0.2, 0.25) is 0 Å². The monoisotopic (exact) mass is 267 g/mol. The van der Waals surface area contributed by atoms with Crippen LogP contribution in [0.4, 0.5) is 4.39 Å². The maximum Gasteiger partial charge on any atom is 0.317 e. The summed E-state index contributed by atoms with van der Waals surface area (Å²) >= 11 is 0. The van der Waals surface area contributed by atoms with Gasteiger partial charge in [-0.05, 0) is 25.8 Å². The van der Waals surface area contributed by atoms with E-state index in [0.29, 0.717) is 12.0 Å². The first-order chi connectivity index (χ1) is 9.01. The summed E-state index contributed by atoms with van der Waals surface area (Å²) in [5.74, 6) is -1.15. The van der Waals surface area contributed by atoms with Gasteiger partial charge < -0.3 is 5.11 Å². The number of carboxylic acid groups (broad SMARTS) is 1. The standard InChI is InChI=1S/C15H22FNO2/c1-4-11(3)17(10-15(18)19)14(5-2)12-8-6-7-9-13(12)16/h6-9,11,14H,4-5,10H2,1-3H3,(H,18,19). The number of carboxylic acids is 1. The number of rotatable bonds is 7. The number of carbonyl (C=O) groups is 1. The van der Waals surface area contributed by atoms with Gasteiger partial charge in [0.1, 0.15) is 5.82 Å². The van der Waals surface area contributed by atoms with Gasteiger partial charge in [-0.15, -0.1) is 0 Å². The third-order valence-corrected chi connectivity index (χ3v) is 3.53. The molecule has 1 aromatic carbocycles. The van der Waals surface area contributed by atoms with Crippen molar-refractivity contribution in [2.45, 2.75) is 45.7 Å². The highest BCUT2D eigenvalue weighted by Crippen LogP contribution is 2.28. The van der Waals surface area contributed by atoms with E-state index in [-0.39, 0.29) is 24.4 Å². The van der Waals surface area contributed by atoms with Crippen LogP contribution < -0.4 is 0 Å². The van der Waals surface area contributed by atoms with Crippen molar-refractivity contribution in [3.63, 3.8) is 0 Å². The van der Waals surface area contributed by atoms with Crippen molar-refractivity contribution in [2.75, 3.05) is 6.54 Å². The van der Waals surface area contributed by atoms with Crippen molar-refractivity contribution >= 4 is 5.97 Å². The van der Waals surface area contributed by atoms with E-state index in [9.17, 15) is 9.18 Å². The molecule has 0 heterocycles. The molecule has 0 saturated heterocycles. The Labute approximate surface area is 114 Å². The van der Waals surface area contributed by atoms with Crippen LogP contribution in [-0.4, -0.2) is 28.6 Å². The molecule has 1 aromatic rings. The topological polar surface area (TPSA) is 40.5 Å². The molecule has 106 valence electrons. The molecule has 2 unspecified atom stereocenters. The summed E-state index contributed by atoms with van der Waals surface area (Å²) in [6.07, 6.45) is 1.51. The smallest absolute Gasteiger partial charge is 0.317 e. The average Bonchev–Trinajstić information content (AvgIpc) is 2.39. The van der Waals surface area contributed by atoms with Gasteiger partial charge in [0.25, 0.3) is 0 Å². The molecule has 1 N–H and O–H groups in total.